The molecule has 0 fully saturated rings. The molecule has 46 heavy (non-hydrogen) atoms. The molecule has 0 atom stereocenters. The summed E-state index contributed by atoms with van der Waals surface area (Å²) in [5.74, 6) is 0. The third-order valence-corrected chi connectivity index (χ3v) is 11.3. The molecule has 2 aromatic heterocycles. The second-order valence-corrected chi connectivity index (χ2v) is 13.6. The molecule has 0 aliphatic carbocycles. The third-order valence-electron chi connectivity index (χ3n) is 10.2. The van der Waals surface area contributed by atoms with E-state index in [4.69, 9.17) is 0 Å². The van der Waals surface area contributed by atoms with E-state index >= 15 is 0 Å². The summed E-state index contributed by atoms with van der Waals surface area (Å²) >= 11 is 1.89. The van der Waals surface area contributed by atoms with Crippen LogP contribution >= 0.6 is 11.3 Å². The van der Waals surface area contributed by atoms with Crippen molar-refractivity contribution in [3.63, 3.8) is 0 Å². The smallest absolute Gasteiger partial charge is 0.329 e. The normalized spacial score (nSPS) is 13.1. The van der Waals surface area contributed by atoms with Gasteiger partial charge >= 0.3 is 6.85 Å². The minimum Gasteiger partial charge on any atom is -0.376 e. The SMILES string of the molecule is c1ccc(-n2c3cc4c(cc3c3cc5sc6ccccc6c5cc32)B2c3ccccc3-c3ccccc3N2c2ccccc2-4)cc1. The summed E-state index contributed by atoms with van der Waals surface area (Å²) in [5, 5.41) is 5.26. The number of hydrogen-bond donors (Lipinski definition) is 0. The van der Waals surface area contributed by atoms with Gasteiger partial charge in [-0.25, -0.2) is 0 Å². The lowest BCUT2D eigenvalue weighted by atomic mass is 9.43. The number of fused-ring (bicyclic) bond motifs is 17. The van der Waals surface area contributed by atoms with Gasteiger partial charge in [-0.3, -0.25) is 0 Å². The van der Waals surface area contributed by atoms with Crippen molar-refractivity contribution < 1.29 is 0 Å². The highest BCUT2D eigenvalue weighted by Crippen LogP contribution is 2.47. The monoisotopic (exact) mass is 600 g/mol. The van der Waals surface area contributed by atoms with Crippen LogP contribution in [0.25, 0.3) is 69.9 Å². The lowest BCUT2D eigenvalue weighted by molar-refractivity contribution is 1.18. The Morgan fingerprint density at radius 2 is 1.04 bits per heavy atom. The molecule has 212 valence electrons. The Bertz CT molecular complexity index is 2720. The van der Waals surface area contributed by atoms with Crippen molar-refractivity contribution in [1.29, 1.82) is 0 Å². The van der Waals surface area contributed by atoms with Crippen LogP contribution in [0, 0.1) is 0 Å². The third kappa shape index (κ3) is 3.16. The van der Waals surface area contributed by atoms with E-state index < -0.39 is 0 Å². The largest absolute Gasteiger partial charge is 0.376 e. The standard InChI is InChI=1S/C42H25BN2S/c1-2-12-26(13-3-1)44-39-23-31-29-16-6-10-20-38(29)45-37-19-9-5-15-28(37)27-14-4-8-18-35(27)43(45)36(31)22-32(39)33-25-42-34(24-40(33)44)30-17-7-11-21-41(30)46-42/h1-25H. The molecule has 2 aliphatic heterocycles. The summed E-state index contributed by atoms with van der Waals surface area (Å²) in [4.78, 5) is 2.59. The number of aromatic nitrogens is 1. The van der Waals surface area contributed by atoms with E-state index in [0.717, 1.165) is 0 Å². The molecule has 2 nitrogen and oxygen atoms in total. The Morgan fingerprint density at radius 3 is 1.87 bits per heavy atom. The topological polar surface area (TPSA) is 8.17 Å². The van der Waals surface area contributed by atoms with E-state index in [0.29, 0.717) is 0 Å². The predicted octanol–water partition coefficient (Wildman–Crippen LogP) is 10.1. The molecule has 0 saturated heterocycles. The van der Waals surface area contributed by atoms with Gasteiger partial charge in [0, 0.05) is 59.1 Å². The van der Waals surface area contributed by atoms with Crippen LogP contribution in [0.3, 0.4) is 0 Å². The van der Waals surface area contributed by atoms with Crippen molar-refractivity contribution in [2.24, 2.45) is 0 Å². The maximum Gasteiger partial charge on any atom is 0.329 e. The quantitative estimate of drug-likeness (QED) is 0.170. The van der Waals surface area contributed by atoms with Crippen molar-refractivity contribution in [1.82, 2.24) is 4.57 Å². The van der Waals surface area contributed by atoms with Crippen molar-refractivity contribution in [3.05, 3.63) is 152 Å². The van der Waals surface area contributed by atoms with Gasteiger partial charge in [-0.15, -0.1) is 11.3 Å². The minimum absolute atomic E-state index is 0.0728. The lowest BCUT2D eigenvalue weighted by Gasteiger charge is -2.43. The van der Waals surface area contributed by atoms with Crippen LogP contribution in [-0.4, -0.2) is 11.4 Å². The van der Waals surface area contributed by atoms with Gasteiger partial charge in [-0.2, -0.15) is 0 Å². The zero-order chi connectivity index (χ0) is 29.9. The molecule has 0 spiro atoms. The van der Waals surface area contributed by atoms with Crippen molar-refractivity contribution in [2.45, 2.75) is 0 Å². The summed E-state index contributed by atoms with van der Waals surface area (Å²) in [5.41, 5.74) is 14.1. The molecule has 0 amide bonds. The number of para-hydroxylation sites is 3. The Morgan fingerprint density at radius 1 is 0.413 bits per heavy atom. The second kappa shape index (κ2) is 9.00. The molecule has 2 aliphatic rings. The van der Waals surface area contributed by atoms with E-state index in [1.165, 1.54) is 92.2 Å². The van der Waals surface area contributed by atoms with E-state index in [9.17, 15) is 0 Å². The maximum atomic E-state index is 2.59. The Balaban J connectivity index is 1.30. The molecule has 9 aromatic rings. The Hall–Kier alpha value is -5.58. The summed E-state index contributed by atoms with van der Waals surface area (Å²) in [6, 6.07) is 56.4. The average Bonchev–Trinajstić information content (AvgIpc) is 3.64. The molecule has 0 N–H and O–H groups in total. The minimum atomic E-state index is 0.0728. The van der Waals surface area contributed by atoms with Gasteiger partial charge in [-0.1, -0.05) is 103 Å². The number of rotatable bonds is 1. The fraction of sp³-hybridized carbons (Fsp3) is 0. The summed E-state index contributed by atoms with van der Waals surface area (Å²) < 4.78 is 5.15. The molecule has 4 heteroatoms. The highest BCUT2D eigenvalue weighted by atomic mass is 32.1. The van der Waals surface area contributed by atoms with Crippen LogP contribution in [0.5, 0.6) is 0 Å². The number of nitrogens with zero attached hydrogens (tertiary/aromatic N) is 2. The van der Waals surface area contributed by atoms with Crippen LogP contribution in [0.15, 0.2) is 152 Å². The molecule has 0 saturated carbocycles. The Kier molecular flexibility index (Phi) is 4.83. The number of thiophene rings is 1. The van der Waals surface area contributed by atoms with Gasteiger partial charge in [0.1, 0.15) is 0 Å². The fourth-order valence-electron chi connectivity index (χ4n) is 8.27. The molecular weight excluding hydrogens is 575 g/mol. The molecule has 0 unspecified atom stereocenters. The molecule has 4 heterocycles. The zero-order valence-electron chi connectivity index (χ0n) is 24.8. The van der Waals surface area contributed by atoms with Gasteiger partial charge in [-0.05, 0) is 70.6 Å². The van der Waals surface area contributed by atoms with E-state index in [1.807, 2.05) is 11.3 Å². The van der Waals surface area contributed by atoms with Crippen molar-refractivity contribution in [3.8, 4) is 27.9 Å². The van der Waals surface area contributed by atoms with Crippen LogP contribution in [0.4, 0.5) is 11.4 Å². The van der Waals surface area contributed by atoms with Gasteiger partial charge in [0.05, 0.1) is 11.0 Å². The van der Waals surface area contributed by atoms with Crippen LogP contribution in [-0.2, 0) is 0 Å². The first-order valence-electron chi connectivity index (χ1n) is 15.9. The molecule has 11 rings (SSSR count). The second-order valence-electron chi connectivity index (χ2n) is 12.5. The number of benzene rings is 7. The maximum absolute atomic E-state index is 2.59. The van der Waals surface area contributed by atoms with Gasteiger partial charge < -0.3 is 9.38 Å². The first kappa shape index (κ1) is 24.7. The van der Waals surface area contributed by atoms with Gasteiger partial charge in [0.2, 0.25) is 0 Å². The predicted molar refractivity (Wildman–Crippen MR) is 198 cm³/mol. The van der Waals surface area contributed by atoms with Crippen LogP contribution < -0.4 is 15.7 Å². The first-order valence-corrected chi connectivity index (χ1v) is 16.7. The summed E-state index contributed by atoms with van der Waals surface area (Å²) in [6.45, 7) is 0.0728. The van der Waals surface area contributed by atoms with E-state index in [-0.39, 0.29) is 6.85 Å². The summed E-state index contributed by atoms with van der Waals surface area (Å²) in [6.07, 6.45) is 0. The average molecular weight is 601 g/mol. The summed E-state index contributed by atoms with van der Waals surface area (Å²) in [7, 11) is 0. The Labute approximate surface area is 270 Å². The molecule has 0 bridgehead atoms. The van der Waals surface area contributed by atoms with E-state index in [1.54, 1.807) is 0 Å². The highest BCUT2D eigenvalue weighted by Gasteiger charge is 2.42. The molecule has 0 radical (unpaired) electrons. The lowest BCUT2D eigenvalue weighted by Crippen LogP contribution is -2.59. The van der Waals surface area contributed by atoms with Gasteiger partial charge in [0.15, 0.2) is 0 Å². The van der Waals surface area contributed by atoms with Crippen molar-refractivity contribution in [2.75, 3.05) is 4.81 Å². The van der Waals surface area contributed by atoms with Crippen LogP contribution in [0.1, 0.15) is 0 Å². The highest BCUT2D eigenvalue weighted by molar-refractivity contribution is 7.25. The van der Waals surface area contributed by atoms with Gasteiger partial charge in [0.25, 0.3) is 0 Å². The number of hydrogen-bond acceptors (Lipinski definition) is 2. The molecule has 7 aromatic carbocycles. The molecular formula is C42H25BN2S. The fourth-order valence-corrected chi connectivity index (χ4v) is 9.40. The number of anilines is 2. The van der Waals surface area contributed by atoms with Crippen LogP contribution in [0.2, 0.25) is 0 Å². The zero-order valence-corrected chi connectivity index (χ0v) is 25.6. The van der Waals surface area contributed by atoms with E-state index in [2.05, 4.69) is 161 Å². The first-order chi connectivity index (χ1) is 22.8. The van der Waals surface area contributed by atoms with Crippen molar-refractivity contribution >= 4 is 82.5 Å².